The molecule has 3 aromatic heterocycles. The largest absolute Gasteiger partial charge is 0.349 e. The summed E-state index contributed by atoms with van der Waals surface area (Å²) in [5, 5.41) is 16.2. The molecule has 0 fully saturated rings. The predicted molar refractivity (Wildman–Crippen MR) is 111 cm³/mol. The van der Waals surface area contributed by atoms with Crippen molar-refractivity contribution in [3.05, 3.63) is 78.6 Å². The van der Waals surface area contributed by atoms with Gasteiger partial charge >= 0.3 is 0 Å². The highest BCUT2D eigenvalue weighted by molar-refractivity contribution is 5.94. The molecule has 0 bridgehead atoms. The maximum absolute atomic E-state index is 12.9. The molecule has 8 nitrogen and oxygen atoms in total. The number of nitrogens with one attached hydrogen (secondary N) is 1. The number of aryl methyl sites for hydroxylation is 1. The lowest BCUT2D eigenvalue weighted by Gasteiger charge is -2.16. The molecule has 4 aromatic rings. The molecule has 1 amide bonds. The minimum atomic E-state index is -0.0685. The van der Waals surface area contributed by atoms with Gasteiger partial charge in [-0.3, -0.25) is 9.78 Å². The van der Waals surface area contributed by atoms with Crippen molar-refractivity contribution in [2.45, 2.75) is 31.8 Å². The Morgan fingerprint density at radius 3 is 2.77 bits per heavy atom. The third-order valence-corrected chi connectivity index (χ3v) is 5.40. The highest BCUT2D eigenvalue weighted by atomic mass is 16.1. The van der Waals surface area contributed by atoms with E-state index in [2.05, 4.69) is 30.2 Å². The fourth-order valence-electron chi connectivity index (χ4n) is 3.83. The Morgan fingerprint density at radius 1 is 1.03 bits per heavy atom. The molecule has 1 atom stereocenters. The summed E-state index contributed by atoms with van der Waals surface area (Å²) in [6.45, 7) is 0.762. The predicted octanol–water partition coefficient (Wildman–Crippen LogP) is 2.66. The van der Waals surface area contributed by atoms with E-state index in [0.717, 1.165) is 48.7 Å². The summed E-state index contributed by atoms with van der Waals surface area (Å²) in [7, 11) is 0. The maximum Gasteiger partial charge on any atom is 0.251 e. The lowest BCUT2D eigenvalue weighted by molar-refractivity contribution is 0.0933. The van der Waals surface area contributed by atoms with Gasteiger partial charge in [-0.05, 0) is 49.2 Å². The Kier molecular flexibility index (Phi) is 4.80. The van der Waals surface area contributed by atoms with Crippen LogP contribution in [0.4, 0.5) is 0 Å². The molecule has 150 valence electrons. The van der Waals surface area contributed by atoms with E-state index < -0.39 is 0 Å². The molecule has 1 aromatic carbocycles. The van der Waals surface area contributed by atoms with Crippen LogP contribution in [0.25, 0.3) is 17.1 Å². The normalized spacial score (nSPS) is 15.9. The summed E-state index contributed by atoms with van der Waals surface area (Å²) in [6.07, 6.45) is 9.53. The summed E-state index contributed by atoms with van der Waals surface area (Å²) in [5.74, 6) is 1.74. The molecule has 1 unspecified atom stereocenters. The fraction of sp³-hybridized carbons (Fsp3) is 0.227. The van der Waals surface area contributed by atoms with Gasteiger partial charge in [0.25, 0.3) is 5.91 Å². The van der Waals surface area contributed by atoms with Crippen molar-refractivity contribution in [3.8, 4) is 17.1 Å². The third kappa shape index (κ3) is 3.59. The van der Waals surface area contributed by atoms with Crippen molar-refractivity contribution in [2.24, 2.45) is 0 Å². The van der Waals surface area contributed by atoms with E-state index in [0.29, 0.717) is 5.56 Å². The van der Waals surface area contributed by atoms with Gasteiger partial charge in [-0.1, -0.05) is 6.07 Å². The van der Waals surface area contributed by atoms with Crippen molar-refractivity contribution < 1.29 is 4.79 Å². The first kappa shape index (κ1) is 18.2. The van der Waals surface area contributed by atoms with Crippen molar-refractivity contribution >= 4 is 5.91 Å². The Hall–Kier alpha value is -3.81. The van der Waals surface area contributed by atoms with Gasteiger partial charge in [-0.15, -0.1) is 10.2 Å². The number of nitrogens with zero attached hydrogens (tertiary/aromatic N) is 6. The first-order valence-corrected chi connectivity index (χ1v) is 10.0. The van der Waals surface area contributed by atoms with E-state index in [-0.39, 0.29) is 11.9 Å². The molecule has 0 saturated heterocycles. The van der Waals surface area contributed by atoms with Crippen molar-refractivity contribution in [1.82, 2.24) is 34.8 Å². The van der Waals surface area contributed by atoms with E-state index in [1.807, 2.05) is 48.7 Å². The van der Waals surface area contributed by atoms with E-state index in [1.54, 1.807) is 23.3 Å². The van der Waals surface area contributed by atoms with Crippen LogP contribution in [0.2, 0.25) is 0 Å². The smallest absolute Gasteiger partial charge is 0.251 e. The van der Waals surface area contributed by atoms with Crippen LogP contribution in [0.15, 0.2) is 67.3 Å². The number of aromatic nitrogens is 6. The zero-order valence-corrected chi connectivity index (χ0v) is 16.3. The van der Waals surface area contributed by atoms with Crippen LogP contribution < -0.4 is 5.32 Å². The van der Waals surface area contributed by atoms with Crippen LogP contribution in [0.1, 0.15) is 29.0 Å². The number of hydrogen-bond acceptors (Lipinski definition) is 5. The van der Waals surface area contributed by atoms with E-state index in [1.165, 1.54) is 0 Å². The Labute approximate surface area is 173 Å². The van der Waals surface area contributed by atoms with Gasteiger partial charge in [0.15, 0.2) is 5.82 Å². The molecular weight excluding hydrogens is 378 g/mol. The second kappa shape index (κ2) is 7.90. The first-order valence-electron chi connectivity index (χ1n) is 10.0. The van der Waals surface area contributed by atoms with E-state index in [9.17, 15) is 4.79 Å². The second-order valence-corrected chi connectivity index (χ2v) is 7.33. The van der Waals surface area contributed by atoms with E-state index >= 15 is 0 Å². The lowest BCUT2D eigenvalue weighted by atomic mass is 10.1. The van der Waals surface area contributed by atoms with Gasteiger partial charge in [0.2, 0.25) is 0 Å². The van der Waals surface area contributed by atoms with Gasteiger partial charge < -0.3 is 9.88 Å². The average Bonchev–Trinajstić information content (AvgIpc) is 3.43. The summed E-state index contributed by atoms with van der Waals surface area (Å²) >= 11 is 0. The summed E-state index contributed by atoms with van der Waals surface area (Å²) in [6, 6.07) is 13.3. The van der Waals surface area contributed by atoms with E-state index in [4.69, 9.17) is 0 Å². The molecule has 30 heavy (non-hydrogen) atoms. The van der Waals surface area contributed by atoms with Gasteiger partial charge in [-0.2, -0.15) is 5.10 Å². The maximum atomic E-state index is 12.9. The molecule has 1 aliphatic rings. The van der Waals surface area contributed by atoms with Crippen LogP contribution in [0, 0.1) is 0 Å². The monoisotopic (exact) mass is 399 g/mol. The third-order valence-electron chi connectivity index (χ3n) is 5.40. The van der Waals surface area contributed by atoms with Crippen molar-refractivity contribution in [3.63, 3.8) is 0 Å². The molecule has 4 heterocycles. The quantitative estimate of drug-likeness (QED) is 0.570. The minimum absolute atomic E-state index is 0.0685. The highest BCUT2D eigenvalue weighted by Crippen LogP contribution is 2.22. The molecule has 0 aliphatic carbocycles. The number of benzene rings is 1. The van der Waals surface area contributed by atoms with Gasteiger partial charge in [0.05, 0.1) is 5.69 Å². The molecule has 0 spiro atoms. The first-order chi connectivity index (χ1) is 14.8. The van der Waals surface area contributed by atoms with Gasteiger partial charge in [-0.25, -0.2) is 4.68 Å². The highest BCUT2D eigenvalue weighted by Gasteiger charge is 2.22. The summed E-state index contributed by atoms with van der Waals surface area (Å²) in [4.78, 5) is 16.9. The molecule has 0 radical (unpaired) electrons. The molecule has 8 heteroatoms. The van der Waals surface area contributed by atoms with Crippen molar-refractivity contribution in [2.75, 3.05) is 0 Å². The van der Waals surface area contributed by atoms with Crippen LogP contribution in [0.3, 0.4) is 0 Å². The minimum Gasteiger partial charge on any atom is -0.349 e. The number of amides is 1. The Bertz CT molecular complexity index is 1150. The Morgan fingerprint density at radius 2 is 1.93 bits per heavy atom. The number of pyridine rings is 1. The molecule has 0 saturated carbocycles. The van der Waals surface area contributed by atoms with Gasteiger partial charge in [0.1, 0.15) is 5.82 Å². The molecule has 1 aliphatic heterocycles. The fourth-order valence-corrected chi connectivity index (χ4v) is 3.83. The van der Waals surface area contributed by atoms with Gasteiger partial charge in [0, 0.05) is 54.9 Å². The van der Waals surface area contributed by atoms with Crippen molar-refractivity contribution in [1.29, 1.82) is 0 Å². The number of carbonyl (C=O) groups excluding carboxylic acids is 1. The standard InChI is InChI=1S/C22H21N7O/c30-22(17-3-1-4-19(15-17)29-13-2-10-24-29)25-18-5-6-20-26-27-21(28(20)14-9-18)16-7-11-23-12-8-16/h1-4,7-8,10-13,15,18H,5-6,9,14H2,(H,25,30). The lowest BCUT2D eigenvalue weighted by Crippen LogP contribution is -2.35. The molecule has 1 N–H and O–H groups in total. The number of hydrogen-bond donors (Lipinski definition) is 1. The number of carbonyl (C=O) groups is 1. The number of fused-ring (bicyclic) bond motifs is 1. The summed E-state index contributed by atoms with van der Waals surface area (Å²) < 4.78 is 3.90. The molecule has 5 rings (SSSR count). The zero-order valence-electron chi connectivity index (χ0n) is 16.3. The van der Waals surface area contributed by atoms with Crippen LogP contribution >= 0.6 is 0 Å². The second-order valence-electron chi connectivity index (χ2n) is 7.33. The van der Waals surface area contributed by atoms with Crippen LogP contribution in [-0.4, -0.2) is 41.5 Å². The summed E-state index contributed by atoms with van der Waals surface area (Å²) in [5.41, 5.74) is 2.49. The Balaban J connectivity index is 1.29. The SMILES string of the molecule is O=C(NC1CCc2nnc(-c3ccncc3)n2CC1)c1cccc(-n2cccn2)c1. The molecular formula is C22H21N7O. The average molecular weight is 399 g/mol. The van der Waals surface area contributed by atoms with Crippen LogP contribution in [-0.2, 0) is 13.0 Å². The topological polar surface area (TPSA) is 90.5 Å². The number of rotatable bonds is 4. The zero-order chi connectivity index (χ0) is 20.3. The van der Waals surface area contributed by atoms with Crippen LogP contribution in [0.5, 0.6) is 0 Å².